The van der Waals surface area contributed by atoms with Gasteiger partial charge in [0, 0.05) is 18.3 Å². The van der Waals surface area contributed by atoms with Gasteiger partial charge in [-0.25, -0.2) is 0 Å². The molecule has 2 aliphatic rings. The molecule has 0 aromatic heterocycles. The van der Waals surface area contributed by atoms with Gasteiger partial charge in [-0.15, -0.1) is 0 Å². The van der Waals surface area contributed by atoms with Crippen molar-refractivity contribution in [3.05, 3.63) is 0 Å². The van der Waals surface area contributed by atoms with Crippen LogP contribution in [-0.4, -0.2) is 28.4 Å². The van der Waals surface area contributed by atoms with E-state index in [0.717, 1.165) is 17.5 Å². The summed E-state index contributed by atoms with van der Waals surface area (Å²) in [5.74, 6) is 1.13. The molecule has 1 saturated carbocycles. The topological polar surface area (TPSA) is 27.1 Å². The Morgan fingerprint density at radius 2 is 1.71 bits per heavy atom. The van der Waals surface area contributed by atoms with Crippen molar-refractivity contribution in [2.24, 2.45) is 0 Å². The van der Waals surface area contributed by atoms with Gasteiger partial charge in [-0.05, 0) is 12.8 Å². The standard InChI is InChI=1S/C11H20N2S/c12-11-13(8-9-14-11)10-6-4-2-1-3-5-7-10/h10,12H,1-9H2. The molecule has 1 N–H and O–H groups in total. The number of nitrogens with zero attached hydrogens (tertiary/aromatic N) is 1. The van der Waals surface area contributed by atoms with Crippen LogP contribution in [0.2, 0.25) is 0 Å². The van der Waals surface area contributed by atoms with Crippen molar-refractivity contribution < 1.29 is 0 Å². The summed E-state index contributed by atoms with van der Waals surface area (Å²) in [4.78, 5) is 2.34. The zero-order chi connectivity index (χ0) is 9.80. The maximum absolute atomic E-state index is 7.86. The first kappa shape index (κ1) is 10.3. The van der Waals surface area contributed by atoms with Gasteiger partial charge in [0.05, 0.1) is 0 Å². The van der Waals surface area contributed by atoms with E-state index < -0.39 is 0 Å². The molecule has 0 unspecified atom stereocenters. The molecule has 14 heavy (non-hydrogen) atoms. The Balaban J connectivity index is 1.90. The normalized spacial score (nSPS) is 26.3. The van der Waals surface area contributed by atoms with Gasteiger partial charge >= 0.3 is 0 Å². The Morgan fingerprint density at radius 3 is 2.29 bits per heavy atom. The molecular formula is C11H20N2S. The summed E-state index contributed by atoms with van der Waals surface area (Å²) in [6.45, 7) is 1.12. The minimum absolute atomic E-state index is 0.692. The number of hydrogen-bond donors (Lipinski definition) is 1. The van der Waals surface area contributed by atoms with E-state index in [1.165, 1.54) is 44.9 Å². The summed E-state index contributed by atoms with van der Waals surface area (Å²) in [5, 5.41) is 8.69. The van der Waals surface area contributed by atoms with E-state index in [1.54, 1.807) is 11.8 Å². The van der Waals surface area contributed by atoms with Crippen LogP contribution >= 0.6 is 11.8 Å². The molecule has 1 saturated heterocycles. The highest BCUT2D eigenvalue weighted by Gasteiger charge is 2.25. The minimum atomic E-state index is 0.692. The predicted octanol–water partition coefficient (Wildman–Crippen LogP) is 3.08. The lowest BCUT2D eigenvalue weighted by atomic mass is 9.96. The van der Waals surface area contributed by atoms with Crippen LogP contribution in [0.3, 0.4) is 0 Å². The predicted molar refractivity (Wildman–Crippen MR) is 63.0 cm³/mol. The fourth-order valence-electron chi connectivity index (χ4n) is 2.52. The molecule has 1 heterocycles. The largest absolute Gasteiger partial charge is 0.348 e. The number of nitrogens with one attached hydrogen (secondary N) is 1. The van der Waals surface area contributed by atoms with Gasteiger partial charge in [0.25, 0.3) is 0 Å². The molecule has 1 aliphatic heterocycles. The van der Waals surface area contributed by atoms with E-state index >= 15 is 0 Å². The van der Waals surface area contributed by atoms with E-state index in [-0.39, 0.29) is 0 Å². The van der Waals surface area contributed by atoms with Crippen LogP contribution < -0.4 is 0 Å². The van der Waals surface area contributed by atoms with Gasteiger partial charge < -0.3 is 4.90 Å². The van der Waals surface area contributed by atoms with Crippen LogP contribution in [0.5, 0.6) is 0 Å². The lowest BCUT2D eigenvalue weighted by Gasteiger charge is -2.30. The van der Waals surface area contributed by atoms with Gasteiger partial charge in [0.1, 0.15) is 0 Å². The quantitative estimate of drug-likeness (QED) is 0.723. The molecule has 0 aromatic carbocycles. The van der Waals surface area contributed by atoms with Crippen molar-refractivity contribution >= 4 is 16.9 Å². The second-order valence-corrected chi connectivity index (χ2v) is 5.43. The second-order valence-electron chi connectivity index (χ2n) is 4.35. The van der Waals surface area contributed by atoms with Crippen molar-refractivity contribution in [3.63, 3.8) is 0 Å². The van der Waals surface area contributed by atoms with Crippen LogP contribution in [0, 0.1) is 5.41 Å². The van der Waals surface area contributed by atoms with E-state index in [9.17, 15) is 0 Å². The molecule has 0 amide bonds. The molecule has 0 aromatic rings. The average Bonchev–Trinajstić information content (AvgIpc) is 2.51. The molecule has 1 aliphatic carbocycles. The Labute approximate surface area is 90.9 Å². The summed E-state index contributed by atoms with van der Waals surface area (Å²) in [5.41, 5.74) is 0. The van der Waals surface area contributed by atoms with E-state index in [0.29, 0.717) is 6.04 Å². The molecule has 2 rings (SSSR count). The summed E-state index contributed by atoms with van der Waals surface area (Å²) < 4.78 is 0. The first-order valence-electron chi connectivity index (χ1n) is 5.86. The highest BCUT2D eigenvalue weighted by molar-refractivity contribution is 8.14. The Morgan fingerprint density at radius 1 is 1.07 bits per heavy atom. The fraction of sp³-hybridized carbons (Fsp3) is 0.909. The average molecular weight is 212 g/mol. The van der Waals surface area contributed by atoms with E-state index in [4.69, 9.17) is 5.41 Å². The lowest BCUT2D eigenvalue weighted by Crippen LogP contribution is -2.36. The Kier molecular flexibility index (Phi) is 3.74. The van der Waals surface area contributed by atoms with Crippen molar-refractivity contribution in [1.82, 2.24) is 4.90 Å². The maximum atomic E-state index is 7.86. The zero-order valence-corrected chi connectivity index (χ0v) is 9.61. The molecule has 0 bridgehead atoms. The number of hydrogen-bond acceptors (Lipinski definition) is 2. The Bertz CT molecular complexity index is 197. The van der Waals surface area contributed by atoms with Gasteiger partial charge in [0.2, 0.25) is 0 Å². The SMILES string of the molecule is N=C1SCCN1C1CCCCCCC1. The smallest absolute Gasteiger partial charge is 0.156 e. The molecular weight excluding hydrogens is 192 g/mol. The maximum Gasteiger partial charge on any atom is 0.156 e. The van der Waals surface area contributed by atoms with Crippen molar-refractivity contribution in [3.8, 4) is 0 Å². The van der Waals surface area contributed by atoms with Crippen LogP contribution in [0.25, 0.3) is 0 Å². The highest BCUT2D eigenvalue weighted by atomic mass is 32.2. The van der Waals surface area contributed by atoms with Crippen molar-refractivity contribution in [2.45, 2.75) is 51.0 Å². The summed E-state index contributed by atoms with van der Waals surface area (Å²) >= 11 is 1.72. The van der Waals surface area contributed by atoms with Crippen LogP contribution in [0.4, 0.5) is 0 Å². The van der Waals surface area contributed by atoms with Gasteiger partial charge in [-0.3, -0.25) is 5.41 Å². The number of amidine groups is 1. The third-order valence-electron chi connectivity index (χ3n) is 3.35. The molecule has 0 atom stereocenters. The van der Waals surface area contributed by atoms with Crippen molar-refractivity contribution in [1.29, 1.82) is 5.41 Å². The first-order valence-corrected chi connectivity index (χ1v) is 6.84. The van der Waals surface area contributed by atoms with Crippen LogP contribution in [0.15, 0.2) is 0 Å². The fourth-order valence-corrected chi connectivity index (χ4v) is 3.41. The zero-order valence-electron chi connectivity index (χ0n) is 8.80. The van der Waals surface area contributed by atoms with E-state index in [2.05, 4.69) is 4.90 Å². The summed E-state index contributed by atoms with van der Waals surface area (Å²) in [6, 6.07) is 0.692. The van der Waals surface area contributed by atoms with Crippen LogP contribution in [-0.2, 0) is 0 Å². The third kappa shape index (κ3) is 2.44. The number of rotatable bonds is 1. The first-order chi connectivity index (χ1) is 6.88. The highest BCUT2D eigenvalue weighted by Crippen LogP contribution is 2.26. The summed E-state index contributed by atoms with van der Waals surface area (Å²) in [6.07, 6.45) is 9.64. The molecule has 2 nitrogen and oxygen atoms in total. The molecule has 0 radical (unpaired) electrons. The molecule has 80 valence electrons. The van der Waals surface area contributed by atoms with Gasteiger partial charge in [0.15, 0.2) is 5.17 Å². The van der Waals surface area contributed by atoms with Crippen LogP contribution in [0.1, 0.15) is 44.9 Å². The lowest BCUT2D eigenvalue weighted by molar-refractivity contribution is 0.275. The summed E-state index contributed by atoms with van der Waals surface area (Å²) in [7, 11) is 0. The molecule has 3 heteroatoms. The van der Waals surface area contributed by atoms with E-state index in [1.807, 2.05) is 0 Å². The third-order valence-corrected chi connectivity index (χ3v) is 4.24. The minimum Gasteiger partial charge on any atom is -0.348 e. The molecule has 0 spiro atoms. The van der Waals surface area contributed by atoms with Gasteiger partial charge in [-0.2, -0.15) is 0 Å². The van der Waals surface area contributed by atoms with Crippen molar-refractivity contribution in [2.75, 3.05) is 12.3 Å². The Hall–Kier alpha value is -0.180. The monoisotopic (exact) mass is 212 g/mol. The number of thioether (sulfide) groups is 1. The second kappa shape index (κ2) is 5.06. The molecule has 2 fully saturated rings. The van der Waals surface area contributed by atoms with Gasteiger partial charge in [-0.1, -0.05) is 43.9 Å².